The van der Waals surface area contributed by atoms with Crippen LogP contribution in [0.1, 0.15) is 32.6 Å². The minimum atomic E-state index is -0.131. The smallest absolute Gasteiger partial charge is 0.237 e. The van der Waals surface area contributed by atoms with Gasteiger partial charge in [0.1, 0.15) is 0 Å². The number of carbonyl (C=O) groups excluding carboxylic acids is 1. The zero-order valence-corrected chi connectivity index (χ0v) is 10.6. The minimum absolute atomic E-state index is 0. The second-order valence-corrected chi connectivity index (χ2v) is 4.77. The molecule has 2 unspecified atom stereocenters. The van der Waals surface area contributed by atoms with E-state index >= 15 is 0 Å². The first-order valence-electron chi connectivity index (χ1n) is 5.85. The molecule has 2 saturated heterocycles. The molecule has 0 radical (unpaired) electrons. The largest absolute Gasteiger partial charge is 0.373 e. The van der Waals surface area contributed by atoms with E-state index in [1.807, 2.05) is 0 Å². The lowest BCUT2D eigenvalue weighted by Crippen LogP contribution is -2.46. The lowest BCUT2D eigenvalue weighted by molar-refractivity contribution is -0.124. The molecular weight excluding hydrogens is 228 g/mol. The van der Waals surface area contributed by atoms with Crippen molar-refractivity contribution in [1.29, 1.82) is 0 Å². The van der Waals surface area contributed by atoms with Crippen LogP contribution in [0, 0.1) is 0 Å². The second kappa shape index (κ2) is 5.84. The van der Waals surface area contributed by atoms with Crippen molar-refractivity contribution in [2.75, 3.05) is 19.7 Å². The van der Waals surface area contributed by atoms with Crippen LogP contribution in [0.15, 0.2) is 0 Å². The fourth-order valence-electron chi connectivity index (χ4n) is 2.28. The maximum atomic E-state index is 11.7. The summed E-state index contributed by atoms with van der Waals surface area (Å²) in [6, 6.07) is 0.0232. The Morgan fingerprint density at radius 1 is 1.56 bits per heavy atom. The Hall–Kier alpha value is -0.320. The molecule has 94 valence electrons. The van der Waals surface area contributed by atoms with Crippen molar-refractivity contribution in [3.05, 3.63) is 0 Å². The van der Waals surface area contributed by atoms with Gasteiger partial charge in [0.2, 0.25) is 5.91 Å². The quantitative estimate of drug-likeness (QED) is 0.779. The first-order valence-corrected chi connectivity index (χ1v) is 5.85. The zero-order valence-electron chi connectivity index (χ0n) is 9.75. The first-order chi connectivity index (χ1) is 7.20. The molecule has 1 amide bonds. The lowest BCUT2D eigenvalue weighted by atomic mass is 10.0. The van der Waals surface area contributed by atoms with E-state index in [1.54, 1.807) is 0 Å². The van der Waals surface area contributed by atoms with Crippen LogP contribution in [0.25, 0.3) is 0 Å². The Balaban J connectivity index is 0.00000128. The third kappa shape index (κ3) is 3.34. The van der Waals surface area contributed by atoms with Gasteiger partial charge in [0.25, 0.3) is 0 Å². The highest BCUT2D eigenvalue weighted by Gasteiger charge is 2.31. The van der Waals surface area contributed by atoms with Gasteiger partial charge in [-0.25, -0.2) is 0 Å². The normalized spacial score (nSPS) is 33.4. The SMILES string of the molecule is CC1(CNC(=O)C2CCCN2)CCCO1.Cl. The molecule has 0 spiro atoms. The summed E-state index contributed by atoms with van der Waals surface area (Å²) < 4.78 is 5.62. The molecule has 0 bridgehead atoms. The highest BCUT2D eigenvalue weighted by molar-refractivity contribution is 5.85. The van der Waals surface area contributed by atoms with Crippen LogP contribution in [-0.4, -0.2) is 37.2 Å². The van der Waals surface area contributed by atoms with Crippen LogP contribution in [-0.2, 0) is 9.53 Å². The number of halogens is 1. The summed E-state index contributed by atoms with van der Waals surface area (Å²) in [4.78, 5) is 11.7. The number of amides is 1. The number of nitrogens with one attached hydrogen (secondary N) is 2. The summed E-state index contributed by atoms with van der Waals surface area (Å²) in [7, 11) is 0. The van der Waals surface area contributed by atoms with E-state index in [2.05, 4.69) is 17.6 Å². The van der Waals surface area contributed by atoms with Gasteiger partial charge in [0.15, 0.2) is 0 Å². The fourth-order valence-corrected chi connectivity index (χ4v) is 2.28. The van der Waals surface area contributed by atoms with Crippen molar-refractivity contribution in [1.82, 2.24) is 10.6 Å². The molecule has 0 aliphatic carbocycles. The summed E-state index contributed by atoms with van der Waals surface area (Å²) in [6.07, 6.45) is 4.22. The van der Waals surface area contributed by atoms with Crippen LogP contribution >= 0.6 is 12.4 Å². The van der Waals surface area contributed by atoms with Gasteiger partial charge in [0.05, 0.1) is 11.6 Å². The predicted octanol–water partition coefficient (Wildman–Crippen LogP) is 0.845. The summed E-state index contributed by atoms with van der Waals surface area (Å²) in [5, 5.41) is 6.17. The second-order valence-electron chi connectivity index (χ2n) is 4.77. The molecule has 2 N–H and O–H groups in total. The average Bonchev–Trinajstić information content (AvgIpc) is 2.85. The van der Waals surface area contributed by atoms with E-state index < -0.39 is 0 Å². The summed E-state index contributed by atoms with van der Waals surface area (Å²) in [5.41, 5.74) is -0.131. The topological polar surface area (TPSA) is 50.4 Å². The zero-order chi connectivity index (χ0) is 10.7. The Bertz CT molecular complexity index is 236. The predicted molar refractivity (Wildman–Crippen MR) is 64.9 cm³/mol. The van der Waals surface area contributed by atoms with Crippen molar-refractivity contribution in [3.63, 3.8) is 0 Å². The Morgan fingerprint density at radius 2 is 2.38 bits per heavy atom. The van der Waals surface area contributed by atoms with Crippen molar-refractivity contribution < 1.29 is 9.53 Å². The highest BCUT2D eigenvalue weighted by atomic mass is 35.5. The Morgan fingerprint density at radius 3 is 2.94 bits per heavy atom. The average molecular weight is 249 g/mol. The molecule has 0 aromatic heterocycles. The van der Waals surface area contributed by atoms with Crippen LogP contribution in [0.5, 0.6) is 0 Å². The molecular formula is C11H21ClN2O2. The van der Waals surface area contributed by atoms with Crippen molar-refractivity contribution >= 4 is 18.3 Å². The van der Waals surface area contributed by atoms with Gasteiger partial charge in [-0.05, 0) is 39.2 Å². The maximum Gasteiger partial charge on any atom is 0.237 e. The van der Waals surface area contributed by atoms with Gasteiger partial charge >= 0.3 is 0 Å². The van der Waals surface area contributed by atoms with Gasteiger partial charge in [0, 0.05) is 13.2 Å². The molecule has 16 heavy (non-hydrogen) atoms. The molecule has 0 aromatic rings. The number of hydrogen-bond acceptors (Lipinski definition) is 3. The van der Waals surface area contributed by atoms with Crippen LogP contribution < -0.4 is 10.6 Å². The molecule has 2 rings (SSSR count). The third-order valence-electron chi connectivity index (χ3n) is 3.31. The van der Waals surface area contributed by atoms with E-state index in [0.717, 1.165) is 38.8 Å². The van der Waals surface area contributed by atoms with Gasteiger partial charge in [-0.15, -0.1) is 12.4 Å². The van der Waals surface area contributed by atoms with Crippen LogP contribution in [0.4, 0.5) is 0 Å². The highest BCUT2D eigenvalue weighted by Crippen LogP contribution is 2.23. The number of ether oxygens (including phenoxy) is 1. The van der Waals surface area contributed by atoms with Crippen molar-refractivity contribution in [2.45, 2.75) is 44.2 Å². The molecule has 2 heterocycles. The Kier molecular flexibility index (Phi) is 5.02. The Labute approximate surface area is 103 Å². The van der Waals surface area contributed by atoms with E-state index in [9.17, 15) is 4.79 Å². The standard InChI is InChI=1S/C11H20N2O2.ClH/c1-11(5-3-7-15-11)8-13-10(14)9-4-2-6-12-9;/h9,12H,2-8H2,1H3,(H,13,14);1H. The molecule has 2 atom stereocenters. The molecule has 2 aliphatic rings. The molecule has 0 saturated carbocycles. The van der Waals surface area contributed by atoms with Crippen LogP contribution in [0.2, 0.25) is 0 Å². The summed E-state index contributed by atoms with van der Waals surface area (Å²) >= 11 is 0. The molecule has 5 heteroatoms. The monoisotopic (exact) mass is 248 g/mol. The fraction of sp³-hybridized carbons (Fsp3) is 0.909. The van der Waals surface area contributed by atoms with Gasteiger partial charge in [-0.1, -0.05) is 0 Å². The minimum Gasteiger partial charge on any atom is -0.373 e. The molecule has 4 nitrogen and oxygen atoms in total. The lowest BCUT2D eigenvalue weighted by Gasteiger charge is -2.24. The third-order valence-corrected chi connectivity index (χ3v) is 3.31. The molecule has 0 aromatic carbocycles. The van der Waals surface area contributed by atoms with Gasteiger partial charge in [-0.3, -0.25) is 4.79 Å². The van der Waals surface area contributed by atoms with E-state index in [4.69, 9.17) is 4.74 Å². The van der Waals surface area contributed by atoms with E-state index in [0.29, 0.717) is 6.54 Å². The maximum absolute atomic E-state index is 11.7. The van der Waals surface area contributed by atoms with E-state index in [1.165, 1.54) is 0 Å². The number of hydrogen-bond donors (Lipinski definition) is 2. The number of carbonyl (C=O) groups is 1. The van der Waals surface area contributed by atoms with E-state index in [-0.39, 0.29) is 30.0 Å². The molecule has 2 aliphatic heterocycles. The van der Waals surface area contributed by atoms with Crippen molar-refractivity contribution in [2.24, 2.45) is 0 Å². The van der Waals surface area contributed by atoms with Crippen LogP contribution in [0.3, 0.4) is 0 Å². The van der Waals surface area contributed by atoms with Crippen molar-refractivity contribution in [3.8, 4) is 0 Å². The molecule has 2 fully saturated rings. The van der Waals surface area contributed by atoms with Gasteiger partial charge in [-0.2, -0.15) is 0 Å². The van der Waals surface area contributed by atoms with Gasteiger partial charge < -0.3 is 15.4 Å². The summed E-state index contributed by atoms with van der Waals surface area (Å²) in [6.45, 7) is 4.51. The number of rotatable bonds is 3. The first kappa shape index (κ1) is 13.7. The summed E-state index contributed by atoms with van der Waals surface area (Å²) in [5.74, 6) is 0.129.